The lowest BCUT2D eigenvalue weighted by Gasteiger charge is -2.27. The van der Waals surface area contributed by atoms with Gasteiger partial charge in [-0.1, -0.05) is 53.4 Å². The Balaban J connectivity index is 2.76. The predicted molar refractivity (Wildman–Crippen MR) is 91.9 cm³/mol. The molecule has 132 valence electrons. The number of rotatable bonds is 6. The molecule has 1 saturated carbocycles. The van der Waals surface area contributed by atoms with E-state index in [2.05, 4.69) is 11.7 Å². The van der Waals surface area contributed by atoms with Gasteiger partial charge in [0, 0.05) is 5.41 Å². The molecule has 0 amide bonds. The van der Waals surface area contributed by atoms with E-state index in [4.69, 9.17) is 5.53 Å². The zero-order chi connectivity index (χ0) is 17.7. The van der Waals surface area contributed by atoms with Crippen LogP contribution in [-0.4, -0.2) is 29.3 Å². The number of unbranched alkanes of at least 4 members (excludes halogenated alkanes) is 2. The van der Waals surface area contributed by atoms with Crippen molar-refractivity contribution in [2.45, 2.75) is 84.3 Å². The third-order valence-corrected chi connectivity index (χ3v) is 6.84. The summed E-state index contributed by atoms with van der Waals surface area (Å²) in [6, 6.07) is 0. The highest BCUT2D eigenvalue weighted by molar-refractivity contribution is 8.08. The zero-order valence-corrected chi connectivity index (χ0v) is 15.7. The highest BCUT2D eigenvalue weighted by Crippen LogP contribution is 2.33. The summed E-state index contributed by atoms with van der Waals surface area (Å²) in [5.41, 5.74) is 8.23. The van der Waals surface area contributed by atoms with E-state index in [1.54, 1.807) is 20.8 Å². The maximum absolute atomic E-state index is 12.7. The largest absolute Gasteiger partial charge is 0.448 e. The number of sulfone groups is 1. The van der Waals surface area contributed by atoms with Gasteiger partial charge in [0.1, 0.15) is 0 Å². The van der Waals surface area contributed by atoms with E-state index in [1.807, 2.05) is 0 Å². The zero-order valence-electron chi connectivity index (χ0n) is 14.8. The average molecular weight is 343 g/mol. The van der Waals surface area contributed by atoms with Crippen molar-refractivity contribution in [2.75, 3.05) is 0 Å². The summed E-state index contributed by atoms with van der Waals surface area (Å²) in [5, 5.41) is -1.26. The van der Waals surface area contributed by atoms with E-state index < -0.39 is 31.3 Å². The lowest BCUT2D eigenvalue weighted by molar-refractivity contribution is -0.123. The van der Waals surface area contributed by atoms with Crippen molar-refractivity contribution in [1.29, 1.82) is 0 Å². The monoisotopic (exact) mass is 342 g/mol. The number of carbonyl (C=O) groups is 1. The minimum Gasteiger partial charge on any atom is -0.360 e. The molecule has 0 saturated heterocycles. The molecule has 1 aliphatic rings. The van der Waals surface area contributed by atoms with E-state index in [0.29, 0.717) is 18.8 Å². The molecule has 0 aliphatic heterocycles. The quantitative estimate of drug-likeness (QED) is 0.242. The third kappa shape index (κ3) is 5.25. The first-order valence-electron chi connectivity index (χ1n) is 8.65. The summed E-state index contributed by atoms with van der Waals surface area (Å²) in [4.78, 5) is 15.1. The van der Waals surface area contributed by atoms with Crippen LogP contribution in [0.2, 0.25) is 0 Å². The van der Waals surface area contributed by atoms with Crippen LogP contribution in [0.4, 0.5) is 0 Å². The van der Waals surface area contributed by atoms with Crippen molar-refractivity contribution < 1.29 is 18.0 Å². The first-order valence-corrected chi connectivity index (χ1v) is 10.2. The summed E-state index contributed by atoms with van der Waals surface area (Å²) in [6.45, 7) is 7.05. The van der Waals surface area contributed by atoms with E-state index in [1.165, 1.54) is 19.3 Å². The smallest absolute Gasteiger partial charge is 0.360 e. The van der Waals surface area contributed by atoms with Crippen LogP contribution in [0, 0.1) is 11.3 Å². The molecule has 1 fully saturated rings. The fourth-order valence-electron chi connectivity index (χ4n) is 3.12. The van der Waals surface area contributed by atoms with Gasteiger partial charge < -0.3 is 5.53 Å². The van der Waals surface area contributed by atoms with E-state index in [-0.39, 0.29) is 0 Å². The summed E-state index contributed by atoms with van der Waals surface area (Å²) >= 11 is 0. The van der Waals surface area contributed by atoms with Gasteiger partial charge in [0.25, 0.3) is 15.6 Å². The van der Waals surface area contributed by atoms with Gasteiger partial charge in [0.05, 0.1) is 5.25 Å². The molecule has 0 heterocycles. The molecule has 0 aromatic heterocycles. The number of nitrogens with zero attached hydrogens (tertiary/aromatic N) is 2. The summed E-state index contributed by atoms with van der Waals surface area (Å²) in [7, 11) is -3.85. The molecule has 0 radical (unpaired) electrons. The van der Waals surface area contributed by atoms with Gasteiger partial charge in [-0.05, 0) is 31.6 Å². The molecule has 0 aromatic carbocycles. The standard InChI is InChI=1S/C17H30N2O3S/c1-5-6-7-8-13-9-11-14(12-10-13)23(21,22)16(19-18)15(20)17(2,3)4/h13-14H,5-12H2,1-4H3. The van der Waals surface area contributed by atoms with Gasteiger partial charge in [-0.3, -0.25) is 4.79 Å². The van der Waals surface area contributed by atoms with Crippen molar-refractivity contribution in [3.05, 3.63) is 5.53 Å². The predicted octanol–water partition coefficient (Wildman–Crippen LogP) is 3.78. The van der Waals surface area contributed by atoms with Gasteiger partial charge in [0.2, 0.25) is 0 Å². The van der Waals surface area contributed by atoms with Crippen molar-refractivity contribution in [1.82, 2.24) is 0 Å². The summed E-state index contributed by atoms with van der Waals surface area (Å²) in [5.74, 6) is -0.0362. The molecule has 0 spiro atoms. The molecule has 1 rings (SSSR count). The Kier molecular flexibility index (Phi) is 7.15. The highest BCUT2D eigenvalue weighted by atomic mass is 32.2. The van der Waals surface area contributed by atoms with Crippen LogP contribution in [0.1, 0.15) is 79.1 Å². The fraction of sp³-hybridized carbons (Fsp3) is 0.882. The highest BCUT2D eigenvalue weighted by Gasteiger charge is 2.46. The molecule has 0 aromatic rings. The molecule has 5 nitrogen and oxygen atoms in total. The number of hydrogen-bond acceptors (Lipinski definition) is 3. The molecular formula is C17H30N2O3S. The summed E-state index contributed by atoms with van der Waals surface area (Å²) in [6.07, 6.45) is 7.61. The first-order chi connectivity index (χ1) is 10.6. The van der Waals surface area contributed by atoms with E-state index >= 15 is 0 Å². The van der Waals surface area contributed by atoms with Crippen LogP contribution >= 0.6 is 0 Å². The fourth-order valence-corrected chi connectivity index (χ4v) is 5.01. The second-order valence-corrected chi connectivity index (χ2v) is 9.81. The Morgan fingerprint density at radius 2 is 1.70 bits per heavy atom. The SMILES string of the molecule is CCCCCC1CCC(S(=O)(=O)C(=[N+]=[N-])C(=O)C(C)(C)C)CC1. The van der Waals surface area contributed by atoms with Crippen molar-refractivity contribution in [3.8, 4) is 0 Å². The Labute approximate surface area is 140 Å². The van der Waals surface area contributed by atoms with Crippen molar-refractivity contribution >= 4 is 20.7 Å². The van der Waals surface area contributed by atoms with Crippen molar-refractivity contribution in [2.24, 2.45) is 11.3 Å². The van der Waals surface area contributed by atoms with Crippen LogP contribution in [0.25, 0.3) is 5.53 Å². The maximum atomic E-state index is 12.7. The van der Waals surface area contributed by atoms with Gasteiger partial charge >= 0.3 is 5.04 Å². The van der Waals surface area contributed by atoms with Gasteiger partial charge in [0.15, 0.2) is 0 Å². The Morgan fingerprint density at radius 1 is 1.13 bits per heavy atom. The van der Waals surface area contributed by atoms with E-state index in [9.17, 15) is 13.2 Å². The van der Waals surface area contributed by atoms with Crippen molar-refractivity contribution in [3.63, 3.8) is 0 Å². The molecule has 0 bridgehead atoms. The first kappa shape index (κ1) is 20.0. The number of ketones is 1. The van der Waals surface area contributed by atoms with Gasteiger partial charge in [-0.15, -0.1) is 4.79 Å². The molecule has 0 N–H and O–H groups in total. The summed E-state index contributed by atoms with van der Waals surface area (Å²) < 4.78 is 25.3. The normalized spacial score (nSPS) is 22.4. The second kappa shape index (κ2) is 8.20. The lowest BCUT2D eigenvalue weighted by atomic mass is 9.85. The van der Waals surface area contributed by atoms with Crippen LogP contribution in [0.15, 0.2) is 0 Å². The van der Waals surface area contributed by atoms with Crippen LogP contribution < -0.4 is 0 Å². The topological polar surface area (TPSA) is 87.6 Å². The number of Topliss-reactive ketones (excluding diaryl/α,β-unsaturated/α-hetero) is 1. The molecular weight excluding hydrogens is 312 g/mol. The molecule has 6 heteroatoms. The van der Waals surface area contributed by atoms with Gasteiger partial charge in [-0.25, -0.2) is 8.42 Å². The Hall–Kier alpha value is -1.00. The number of carbonyl (C=O) groups excluding carboxylic acids is 1. The van der Waals surface area contributed by atoms with Crippen LogP contribution in [0.3, 0.4) is 0 Å². The Morgan fingerprint density at radius 3 is 2.13 bits per heavy atom. The molecule has 0 atom stereocenters. The minimum atomic E-state index is -3.85. The Bertz CT molecular complexity index is 561. The minimum absolute atomic E-state index is 0.551. The number of hydrogen-bond donors (Lipinski definition) is 0. The molecule has 1 aliphatic carbocycles. The van der Waals surface area contributed by atoms with Gasteiger partial charge in [-0.2, -0.15) is 0 Å². The molecule has 23 heavy (non-hydrogen) atoms. The maximum Gasteiger partial charge on any atom is 0.448 e. The van der Waals surface area contributed by atoms with Crippen LogP contribution in [-0.2, 0) is 14.6 Å². The third-order valence-electron chi connectivity index (χ3n) is 4.68. The lowest BCUT2D eigenvalue weighted by Crippen LogP contribution is -2.41. The van der Waals surface area contributed by atoms with E-state index in [0.717, 1.165) is 19.3 Å². The second-order valence-electron chi connectivity index (χ2n) is 7.67. The average Bonchev–Trinajstić information content (AvgIpc) is 2.47. The van der Waals surface area contributed by atoms with Crippen LogP contribution in [0.5, 0.6) is 0 Å². The molecule has 0 unspecified atom stereocenters.